The van der Waals surface area contributed by atoms with Gasteiger partial charge in [-0.15, -0.1) is 6.58 Å². The summed E-state index contributed by atoms with van der Waals surface area (Å²) in [5.41, 5.74) is 2.33. The van der Waals surface area contributed by atoms with Crippen LogP contribution in [0.1, 0.15) is 30.5 Å². The lowest BCUT2D eigenvalue weighted by molar-refractivity contribution is -0.122. The predicted octanol–water partition coefficient (Wildman–Crippen LogP) is 6.11. The predicted molar refractivity (Wildman–Crippen MR) is 154 cm³/mol. The molecule has 0 bridgehead atoms. The van der Waals surface area contributed by atoms with Gasteiger partial charge in [0.05, 0.1) is 18.9 Å². The normalized spacial score (nSPS) is 14.2. The first kappa shape index (κ1) is 28.4. The minimum Gasteiger partial charge on any atom is -0.494 e. The van der Waals surface area contributed by atoms with E-state index in [0.29, 0.717) is 53.2 Å². The van der Waals surface area contributed by atoms with E-state index >= 15 is 0 Å². The SMILES string of the molecule is C=CCc1cc(C=C2C(=O)NC(=O)N(c3ccc(OCC)cc3)C2=O)cc(OCC)c1COc1ccc(Cl)cc1. The molecule has 1 aliphatic heterocycles. The largest absolute Gasteiger partial charge is 0.494 e. The van der Waals surface area contributed by atoms with Gasteiger partial charge in [-0.05, 0) is 92.1 Å². The second-order valence-electron chi connectivity index (χ2n) is 8.71. The third-order valence-corrected chi connectivity index (χ3v) is 6.26. The van der Waals surface area contributed by atoms with Crippen molar-refractivity contribution < 1.29 is 28.6 Å². The molecule has 9 heteroatoms. The fraction of sp³-hybridized carbons (Fsp3) is 0.194. The average Bonchev–Trinajstić information content (AvgIpc) is 2.93. The molecule has 0 unspecified atom stereocenters. The number of halogens is 1. The summed E-state index contributed by atoms with van der Waals surface area (Å²) in [6.45, 7) is 8.66. The molecule has 1 fully saturated rings. The molecule has 3 aromatic carbocycles. The summed E-state index contributed by atoms with van der Waals surface area (Å²) in [6.07, 6.45) is 3.69. The van der Waals surface area contributed by atoms with Crippen molar-refractivity contribution in [2.24, 2.45) is 0 Å². The lowest BCUT2D eigenvalue weighted by Crippen LogP contribution is -2.54. The molecular weight excluding hydrogens is 532 g/mol. The summed E-state index contributed by atoms with van der Waals surface area (Å²) in [6, 6.07) is 16.3. The number of carbonyl (C=O) groups excluding carboxylic acids is 3. The van der Waals surface area contributed by atoms with Crippen LogP contribution in [0.15, 0.2) is 78.9 Å². The molecule has 4 amide bonds. The summed E-state index contributed by atoms with van der Waals surface area (Å²) < 4.78 is 17.3. The lowest BCUT2D eigenvalue weighted by Gasteiger charge is -2.26. The highest BCUT2D eigenvalue weighted by atomic mass is 35.5. The first-order valence-electron chi connectivity index (χ1n) is 12.8. The highest BCUT2D eigenvalue weighted by Gasteiger charge is 2.37. The van der Waals surface area contributed by atoms with Crippen LogP contribution in [-0.2, 0) is 22.6 Å². The molecule has 1 N–H and O–H groups in total. The third-order valence-electron chi connectivity index (χ3n) is 6.00. The Morgan fingerprint density at radius 1 is 0.900 bits per heavy atom. The number of nitrogens with zero attached hydrogens (tertiary/aromatic N) is 1. The smallest absolute Gasteiger partial charge is 0.335 e. The third kappa shape index (κ3) is 6.52. The molecule has 4 rings (SSSR count). The van der Waals surface area contributed by atoms with E-state index in [1.165, 1.54) is 6.08 Å². The molecular formula is C31H29ClN2O6. The summed E-state index contributed by atoms with van der Waals surface area (Å²) in [5.74, 6) is 0.269. The number of rotatable bonds is 11. The van der Waals surface area contributed by atoms with Crippen LogP contribution in [0.25, 0.3) is 6.08 Å². The molecule has 0 aromatic heterocycles. The zero-order valence-corrected chi connectivity index (χ0v) is 23.0. The van der Waals surface area contributed by atoms with Crippen LogP contribution >= 0.6 is 11.6 Å². The Hall–Kier alpha value is -4.56. The zero-order chi connectivity index (χ0) is 28.6. The van der Waals surface area contributed by atoms with Gasteiger partial charge in [-0.3, -0.25) is 14.9 Å². The van der Waals surface area contributed by atoms with Gasteiger partial charge in [0.2, 0.25) is 0 Å². The van der Waals surface area contributed by atoms with E-state index in [-0.39, 0.29) is 12.2 Å². The van der Waals surface area contributed by atoms with Gasteiger partial charge >= 0.3 is 6.03 Å². The van der Waals surface area contributed by atoms with E-state index in [2.05, 4.69) is 11.9 Å². The number of nitrogens with one attached hydrogen (secondary N) is 1. The topological polar surface area (TPSA) is 94.2 Å². The van der Waals surface area contributed by atoms with Crippen LogP contribution in [0.5, 0.6) is 17.2 Å². The number of allylic oxidation sites excluding steroid dienone is 1. The van der Waals surface area contributed by atoms with Crippen molar-refractivity contribution in [3.8, 4) is 17.2 Å². The average molecular weight is 561 g/mol. The number of amides is 4. The highest BCUT2D eigenvalue weighted by Crippen LogP contribution is 2.30. The Morgan fingerprint density at radius 3 is 2.20 bits per heavy atom. The minimum atomic E-state index is -0.826. The van der Waals surface area contributed by atoms with Crippen molar-refractivity contribution in [3.63, 3.8) is 0 Å². The van der Waals surface area contributed by atoms with Crippen molar-refractivity contribution in [3.05, 3.63) is 101 Å². The lowest BCUT2D eigenvalue weighted by atomic mass is 9.98. The Labute approximate surface area is 237 Å². The van der Waals surface area contributed by atoms with E-state index in [0.717, 1.165) is 16.0 Å². The van der Waals surface area contributed by atoms with E-state index < -0.39 is 17.8 Å². The maximum absolute atomic E-state index is 13.4. The number of benzene rings is 3. The maximum Gasteiger partial charge on any atom is 0.335 e. The summed E-state index contributed by atoms with van der Waals surface area (Å²) in [5, 5.41) is 2.86. The second-order valence-corrected chi connectivity index (χ2v) is 9.15. The van der Waals surface area contributed by atoms with E-state index in [1.54, 1.807) is 60.7 Å². The second kappa shape index (κ2) is 13.0. The summed E-state index contributed by atoms with van der Waals surface area (Å²) >= 11 is 5.98. The number of carbonyl (C=O) groups is 3. The molecule has 0 radical (unpaired) electrons. The molecule has 0 aliphatic carbocycles. The van der Waals surface area contributed by atoms with Crippen molar-refractivity contribution in [1.82, 2.24) is 5.32 Å². The highest BCUT2D eigenvalue weighted by molar-refractivity contribution is 6.39. The standard InChI is InChI=1S/C31H29ClN2O6/c1-4-7-21-16-20(18-28(39-6-3)27(21)19-40-25-12-8-22(32)9-13-25)17-26-29(35)33-31(37)34(30(26)36)23-10-14-24(15-11-23)38-5-2/h4,8-18H,1,5-7,19H2,2-3H3,(H,33,35,37). The monoisotopic (exact) mass is 560 g/mol. The molecule has 0 saturated carbocycles. The Morgan fingerprint density at radius 2 is 1.55 bits per heavy atom. The van der Waals surface area contributed by atoms with Crippen molar-refractivity contribution in [1.29, 1.82) is 0 Å². The van der Waals surface area contributed by atoms with Crippen molar-refractivity contribution in [2.75, 3.05) is 18.1 Å². The Kier molecular flexibility index (Phi) is 9.24. The molecule has 1 aliphatic rings. The van der Waals surface area contributed by atoms with Gasteiger partial charge in [-0.2, -0.15) is 0 Å². The minimum absolute atomic E-state index is 0.189. The van der Waals surface area contributed by atoms with Crippen LogP contribution in [0.3, 0.4) is 0 Å². The van der Waals surface area contributed by atoms with Crippen LogP contribution < -0.4 is 24.4 Å². The first-order valence-corrected chi connectivity index (χ1v) is 13.1. The number of barbiturate groups is 1. The number of ether oxygens (including phenoxy) is 3. The van der Waals surface area contributed by atoms with E-state index in [1.807, 2.05) is 19.9 Å². The number of hydrogen-bond acceptors (Lipinski definition) is 6. The summed E-state index contributed by atoms with van der Waals surface area (Å²) in [4.78, 5) is 39.7. The molecule has 3 aromatic rings. The van der Waals surface area contributed by atoms with Gasteiger partial charge in [-0.25, -0.2) is 9.69 Å². The molecule has 0 spiro atoms. The zero-order valence-electron chi connectivity index (χ0n) is 22.2. The molecule has 0 atom stereocenters. The fourth-order valence-electron chi connectivity index (χ4n) is 4.20. The van der Waals surface area contributed by atoms with Gasteiger partial charge in [0.25, 0.3) is 11.8 Å². The number of anilines is 1. The summed E-state index contributed by atoms with van der Waals surface area (Å²) in [7, 11) is 0. The van der Waals surface area contributed by atoms with Gasteiger partial charge in [0.1, 0.15) is 29.4 Å². The van der Waals surface area contributed by atoms with Crippen molar-refractivity contribution >= 4 is 41.2 Å². The fourth-order valence-corrected chi connectivity index (χ4v) is 4.32. The molecule has 1 heterocycles. The van der Waals surface area contributed by atoms with E-state index in [9.17, 15) is 14.4 Å². The number of hydrogen-bond donors (Lipinski definition) is 1. The van der Waals surface area contributed by atoms with Gasteiger partial charge in [0.15, 0.2) is 0 Å². The van der Waals surface area contributed by atoms with Crippen LogP contribution in [0.2, 0.25) is 5.02 Å². The van der Waals surface area contributed by atoms with Crippen molar-refractivity contribution in [2.45, 2.75) is 26.9 Å². The molecule has 40 heavy (non-hydrogen) atoms. The first-order chi connectivity index (χ1) is 19.3. The number of urea groups is 1. The van der Waals surface area contributed by atoms with E-state index in [4.69, 9.17) is 25.8 Å². The molecule has 8 nitrogen and oxygen atoms in total. The molecule has 1 saturated heterocycles. The number of imide groups is 2. The maximum atomic E-state index is 13.4. The van der Waals surface area contributed by atoms with Crippen LogP contribution in [-0.4, -0.2) is 31.1 Å². The Bertz CT molecular complexity index is 1450. The van der Waals surface area contributed by atoms with Crippen LogP contribution in [0.4, 0.5) is 10.5 Å². The van der Waals surface area contributed by atoms with Gasteiger partial charge in [0, 0.05) is 10.6 Å². The van der Waals surface area contributed by atoms with Crippen LogP contribution in [0, 0.1) is 0 Å². The quantitative estimate of drug-likeness (QED) is 0.173. The Balaban J connectivity index is 1.68. The van der Waals surface area contributed by atoms with Gasteiger partial charge < -0.3 is 14.2 Å². The molecule has 206 valence electrons. The van der Waals surface area contributed by atoms with Gasteiger partial charge in [-0.1, -0.05) is 23.7 Å².